The molecular weight excluding hydrogens is 935 g/mol. The number of aromatic hydroxyl groups is 8. The highest BCUT2D eigenvalue weighted by molar-refractivity contribution is 6.01. The van der Waals surface area contributed by atoms with Crippen molar-refractivity contribution in [2.24, 2.45) is 0 Å². The molecule has 364 valence electrons. The van der Waals surface area contributed by atoms with Crippen molar-refractivity contribution in [3.63, 3.8) is 0 Å². The summed E-state index contributed by atoms with van der Waals surface area (Å²) in [5.41, 5.74) is 8.19. The van der Waals surface area contributed by atoms with Gasteiger partial charge in [-0.15, -0.1) is 0 Å². The van der Waals surface area contributed by atoms with E-state index >= 15 is 0 Å². The van der Waals surface area contributed by atoms with Gasteiger partial charge in [-0.05, 0) is 126 Å². The Balaban J connectivity index is 1.10. The van der Waals surface area contributed by atoms with Crippen LogP contribution in [-0.4, -0.2) is 40.9 Å². The van der Waals surface area contributed by atoms with Gasteiger partial charge in [0.2, 0.25) is 0 Å². The normalized spacial score (nSPS) is 11.1. The second-order valence-corrected chi connectivity index (χ2v) is 18.1. The zero-order valence-corrected chi connectivity index (χ0v) is 40.0. The first kappa shape index (κ1) is 47.0. The van der Waals surface area contributed by atoms with Crippen LogP contribution in [0.15, 0.2) is 237 Å². The van der Waals surface area contributed by atoms with Gasteiger partial charge in [0.05, 0.1) is 11.1 Å². The minimum Gasteiger partial charge on any atom is -0.504 e. The Kier molecular flexibility index (Phi) is 12.3. The summed E-state index contributed by atoms with van der Waals surface area (Å²) < 4.78 is 0. The maximum absolute atomic E-state index is 12.3. The maximum atomic E-state index is 12.3. The molecule has 0 atom stereocenters. The molecule has 0 saturated carbocycles. The molecule has 0 aliphatic carbocycles. The number of nitrogens with zero attached hydrogens (tertiary/aromatic N) is 1. The molecule has 0 aromatic heterocycles. The summed E-state index contributed by atoms with van der Waals surface area (Å²) >= 11 is 0. The zero-order valence-electron chi connectivity index (χ0n) is 40.0. The van der Waals surface area contributed by atoms with Gasteiger partial charge in [0.15, 0.2) is 46.0 Å². The molecule has 0 aliphatic rings. The smallest absolute Gasteiger partial charge is 0.186 e. The van der Waals surface area contributed by atoms with Crippen LogP contribution in [-0.2, 0) is 0 Å². The van der Waals surface area contributed by atoms with E-state index < -0.39 is 57.4 Å². The van der Waals surface area contributed by atoms with E-state index in [0.29, 0.717) is 22.3 Å². The van der Waals surface area contributed by atoms with Crippen molar-refractivity contribution < 1.29 is 40.9 Å². The third-order valence-corrected chi connectivity index (χ3v) is 13.5. The lowest BCUT2D eigenvalue weighted by Gasteiger charge is -2.30. The van der Waals surface area contributed by atoms with E-state index in [4.69, 9.17) is 0 Å². The highest BCUT2D eigenvalue weighted by Crippen LogP contribution is 2.64. The van der Waals surface area contributed by atoms with Crippen LogP contribution in [0.2, 0.25) is 0 Å². The molecule has 0 heterocycles. The van der Waals surface area contributed by atoms with Gasteiger partial charge < -0.3 is 40.9 Å². The fourth-order valence-corrected chi connectivity index (χ4v) is 9.73. The molecule has 75 heavy (non-hydrogen) atoms. The summed E-state index contributed by atoms with van der Waals surface area (Å²) in [5, 5.41) is 98.2. The van der Waals surface area contributed by atoms with E-state index in [1.807, 2.05) is 188 Å². The fraction of sp³-hybridized carbons (Fsp3) is 0. The van der Waals surface area contributed by atoms with Gasteiger partial charge in [-0.2, -0.15) is 0 Å². The number of rotatable bonds is 11. The molecule has 0 saturated heterocycles. The van der Waals surface area contributed by atoms with Crippen LogP contribution in [0.4, 0.5) is 17.1 Å². The Bertz CT molecular complexity index is 3500. The summed E-state index contributed by atoms with van der Waals surface area (Å²) in [5.74, 6) is -7.34. The lowest BCUT2D eigenvalue weighted by molar-refractivity contribution is 0.372. The van der Waals surface area contributed by atoms with Crippen LogP contribution in [0.3, 0.4) is 0 Å². The number of phenols is 8. The van der Waals surface area contributed by atoms with E-state index in [1.165, 1.54) is 0 Å². The fourth-order valence-electron chi connectivity index (χ4n) is 9.73. The molecule has 0 unspecified atom stereocenters. The molecule has 0 spiro atoms. The van der Waals surface area contributed by atoms with Crippen LogP contribution >= 0.6 is 0 Å². The Hall–Kier alpha value is -10.4. The number of benzene rings is 11. The Morgan fingerprint density at radius 2 is 0.387 bits per heavy atom. The second kappa shape index (κ2) is 19.7. The lowest BCUT2D eigenvalue weighted by atomic mass is 9.91. The third kappa shape index (κ3) is 8.81. The largest absolute Gasteiger partial charge is 0.504 e. The quantitative estimate of drug-likeness (QED) is 0.0465. The van der Waals surface area contributed by atoms with Gasteiger partial charge >= 0.3 is 0 Å². The predicted octanol–water partition coefficient (Wildman–Crippen LogP) is 16.1. The lowest BCUT2D eigenvalue weighted by Crippen LogP contribution is -2.12. The van der Waals surface area contributed by atoms with Crippen molar-refractivity contribution in [2.75, 3.05) is 4.90 Å². The molecule has 11 rings (SSSR count). The second-order valence-electron chi connectivity index (χ2n) is 18.1. The molecule has 0 amide bonds. The summed E-state index contributed by atoms with van der Waals surface area (Å²) in [6, 6.07) is 73.0. The van der Waals surface area contributed by atoms with E-state index in [2.05, 4.69) is 0 Å². The molecule has 8 N–H and O–H groups in total. The van der Waals surface area contributed by atoms with E-state index in [1.54, 1.807) is 48.5 Å². The highest BCUT2D eigenvalue weighted by atomic mass is 16.3. The van der Waals surface area contributed by atoms with Crippen molar-refractivity contribution in [2.45, 2.75) is 0 Å². The van der Waals surface area contributed by atoms with Crippen molar-refractivity contribution >= 4 is 17.1 Å². The molecular formula is C66H47NO8. The topological polar surface area (TPSA) is 165 Å². The molecule has 11 aromatic rings. The number of phenolic OH excluding ortho intramolecular Hbond substituents is 8. The average molecular weight is 982 g/mol. The van der Waals surface area contributed by atoms with Gasteiger partial charge in [0.25, 0.3) is 0 Å². The van der Waals surface area contributed by atoms with Gasteiger partial charge in [-0.1, -0.05) is 188 Å². The summed E-state index contributed by atoms with van der Waals surface area (Å²) in [4.78, 5) is 0.954. The van der Waals surface area contributed by atoms with Crippen LogP contribution in [0, 0.1) is 0 Å². The van der Waals surface area contributed by atoms with Crippen LogP contribution in [0.1, 0.15) is 0 Å². The van der Waals surface area contributed by atoms with Gasteiger partial charge in [-0.25, -0.2) is 0 Å². The molecule has 0 aliphatic heterocycles. The minimum absolute atomic E-state index is 0.0452. The van der Waals surface area contributed by atoms with Crippen LogP contribution in [0.25, 0.3) is 89.0 Å². The average Bonchev–Trinajstić information content (AvgIpc) is 3.48. The van der Waals surface area contributed by atoms with E-state index in [-0.39, 0.29) is 27.9 Å². The van der Waals surface area contributed by atoms with E-state index in [9.17, 15) is 40.9 Å². The first-order valence-electron chi connectivity index (χ1n) is 24.1. The van der Waals surface area contributed by atoms with Gasteiger partial charge in [0.1, 0.15) is 11.4 Å². The molecule has 0 bridgehead atoms. The summed E-state index contributed by atoms with van der Waals surface area (Å²) in [7, 11) is 0. The standard InChI is InChI=1S/C66H47NO8/c68-59-55(52-36-48(41-18-8-2-9-19-41)34-49(37-52)42-20-10-3-11-21-42)60(69)64(73)57(63(59)72)67(54-32-30-47(31-33-54)46-28-26-45(27-29-46)40-16-6-1-7-17-40)58-65(74)61(70)56(62(71)66(58)75)53-38-50(43-22-12-4-13-23-43)35-51(39-53)44-24-14-5-15-25-44/h1-39,68-75H. The number of hydrogen-bond acceptors (Lipinski definition) is 9. The highest BCUT2D eigenvalue weighted by Gasteiger charge is 2.36. The Labute approximate surface area is 432 Å². The van der Waals surface area contributed by atoms with Crippen molar-refractivity contribution in [1.29, 1.82) is 0 Å². The number of anilines is 3. The Morgan fingerprint density at radius 1 is 0.187 bits per heavy atom. The SMILES string of the molecule is Oc1c(O)c(N(c2ccc(-c3ccc(-c4ccccc4)cc3)cc2)c2c(O)c(O)c(-c3cc(-c4ccccc4)cc(-c4ccccc4)c3)c(O)c2O)c(O)c(O)c1-c1cc(-c2ccccc2)cc(-c2ccccc2)c1. The maximum Gasteiger partial charge on any atom is 0.186 e. The monoisotopic (exact) mass is 981 g/mol. The molecule has 0 fully saturated rings. The van der Waals surface area contributed by atoms with E-state index in [0.717, 1.165) is 49.4 Å². The predicted molar refractivity (Wildman–Crippen MR) is 298 cm³/mol. The first-order chi connectivity index (χ1) is 36.5. The summed E-state index contributed by atoms with van der Waals surface area (Å²) in [6.45, 7) is 0. The Morgan fingerprint density at radius 3 is 0.640 bits per heavy atom. The van der Waals surface area contributed by atoms with Crippen LogP contribution in [0.5, 0.6) is 46.0 Å². The van der Waals surface area contributed by atoms with Gasteiger partial charge in [0, 0.05) is 5.69 Å². The molecule has 11 aromatic carbocycles. The van der Waals surface area contributed by atoms with Gasteiger partial charge in [-0.3, -0.25) is 4.90 Å². The molecule has 9 heteroatoms. The van der Waals surface area contributed by atoms with Crippen molar-refractivity contribution in [1.82, 2.24) is 0 Å². The zero-order chi connectivity index (χ0) is 51.7. The minimum atomic E-state index is -0.975. The molecule has 9 nitrogen and oxygen atoms in total. The number of hydrogen-bond donors (Lipinski definition) is 8. The molecule has 0 radical (unpaired) electrons. The first-order valence-corrected chi connectivity index (χ1v) is 24.1. The summed E-state index contributed by atoms with van der Waals surface area (Å²) in [6.07, 6.45) is 0. The third-order valence-electron chi connectivity index (χ3n) is 13.5. The van der Waals surface area contributed by atoms with Crippen molar-refractivity contribution in [3.8, 4) is 135 Å². The van der Waals surface area contributed by atoms with Crippen LogP contribution < -0.4 is 4.90 Å². The van der Waals surface area contributed by atoms with Crippen molar-refractivity contribution in [3.05, 3.63) is 237 Å².